The molecule has 0 atom stereocenters. The summed E-state index contributed by atoms with van der Waals surface area (Å²) in [6, 6.07) is 0. The van der Waals surface area contributed by atoms with Gasteiger partial charge in [-0.25, -0.2) is 0 Å². The molecule has 0 rings (SSSR count). The van der Waals surface area contributed by atoms with Crippen LogP contribution in [0.3, 0.4) is 0 Å². The molecule has 0 radical (unpaired) electrons. The van der Waals surface area contributed by atoms with Crippen LogP contribution in [-0.4, -0.2) is 11.6 Å². The SMILES string of the molecule is CC=CC(=O)C(=CC)C(=O)CCCC. The number of hydrogen-bond acceptors (Lipinski definition) is 2. The lowest BCUT2D eigenvalue weighted by Crippen LogP contribution is -2.10. The molecule has 0 aliphatic heterocycles. The van der Waals surface area contributed by atoms with Crippen LogP contribution in [0.5, 0.6) is 0 Å². The summed E-state index contributed by atoms with van der Waals surface area (Å²) >= 11 is 0. The van der Waals surface area contributed by atoms with E-state index in [9.17, 15) is 9.59 Å². The van der Waals surface area contributed by atoms with Gasteiger partial charge >= 0.3 is 0 Å². The summed E-state index contributed by atoms with van der Waals surface area (Å²) in [4.78, 5) is 22.9. The summed E-state index contributed by atoms with van der Waals surface area (Å²) in [5, 5.41) is 0. The molecular formula is C12H18O2. The molecule has 0 saturated carbocycles. The molecule has 0 aromatic heterocycles. The van der Waals surface area contributed by atoms with Crippen LogP contribution in [0.25, 0.3) is 0 Å². The Bertz CT molecular complexity index is 259. The molecule has 0 spiro atoms. The summed E-state index contributed by atoms with van der Waals surface area (Å²) in [7, 11) is 0. The van der Waals surface area contributed by atoms with Gasteiger partial charge in [0.2, 0.25) is 0 Å². The number of Topliss-reactive ketones (excluding diaryl/α,β-unsaturated/α-hetero) is 1. The van der Waals surface area contributed by atoms with Crippen LogP contribution in [0.4, 0.5) is 0 Å². The highest BCUT2D eigenvalue weighted by atomic mass is 16.1. The maximum atomic E-state index is 11.5. The van der Waals surface area contributed by atoms with Crippen LogP contribution in [0, 0.1) is 0 Å². The quantitative estimate of drug-likeness (QED) is 0.370. The second-order valence-electron chi connectivity index (χ2n) is 3.09. The van der Waals surface area contributed by atoms with Crippen molar-refractivity contribution in [2.24, 2.45) is 0 Å². The Hall–Kier alpha value is -1.18. The predicted octanol–water partition coefficient (Wildman–Crippen LogP) is 2.84. The van der Waals surface area contributed by atoms with Crippen LogP contribution in [0.1, 0.15) is 40.0 Å². The Balaban J connectivity index is 4.43. The molecule has 0 aromatic carbocycles. The van der Waals surface area contributed by atoms with Crippen molar-refractivity contribution < 1.29 is 9.59 Å². The molecule has 0 bridgehead atoms. The zero-order valence-corrected chi connectivity index (χ0v) is 9.17. The van der Waals surface area contributed by atoms with Crippen molar-refractivity contribution in [2.45, 2.75) is 40.0 Å². The highest BCUT2D eigenvalue weighted by molar-refractivity contribution is 6.23. The Morgan fingerprint density at radius 2 is 1.86 bits per heavy atom. The van der Waals surface area contributed by atoms with Gasteiger partial charge in [-0.3, -0.25) is 9.59 Å². The van der Waals surface area contributed by atoms with Crippen LogP contribution in [0.2, 0.25) is 0 Å². The highest BCUT2D eigenvalue weighted by Gasteiger charge is 2.13. The molecule has 0 fully saturated rings. The molecule has 0 N–H and O–H groups in total. The fraction of sp³-hybridized carbons (Fsp3) is 0.500. The molecule has 0 saturated heterocycles. The van der Waals surface area contributed by atoms with Crippen LogP contribution in [-0.2, 0) is 9.59 Å². The number of ketones is 2. The molecule has 0 aliphatic carbocycles. The standard InChI is InChI=1S/C12H18O2/c1-4-7-9-12(14)10(6-3)11(13)8-5-2/h5-6,8H,4,7,9H2,1-3H3. The molecule has 14 heavy (non-hydrogen) atoms. The number of carbonyl (C=O) groups is 2. The van der Waals surface area contributed by atoms with Gasteiger partial charge in [0.1, 0.15) is 0 Å². The first-order chi connectivity index (χ1) is 6.67. The number of hydrogen-bond donors (Lipinski definition) is 0. The van der Waals surface area contributed by atoms with Gasteiger partial charge in [-0.15, -0.1) is 0 Å². The average Bonchev–Trinajstić information content (AvgIpc) is 2.16. The van der Waals surface area contributed by atoms with E-state index in [0.29, 0.717) is 12.0 Å². The van der Waals surface area contributed by atoms with Crippen molar-refractivity contribution in [3.8, 4) is 0 Å². The van der Waals surface area contributed by atoms with Gasteiger partial charge in [0, 0.05) is 6.42 Å². The fourth-order valence-corrected chi connectivity index (χ4v) is 1.15. The normalized spacial score (nSPS) is 12.1. The smallest absolute Gasteiger partial charge is 0.188 e. The van der Waals surface area contributed by atoms with E-state index in [0.717, 1.165) is 12.8 Å². The van der Waals surface area contributed by atoms with Gasteiger partial charge in [-0.05, 0) is 26.3 Å². The maximum Gasteiger partial charge on any atom is 0.188 e. The number of unbranched alkanes of at least 4 members (excludes halogenated alkanes) is 1. The lowest BCUT2D eigenvalue weighted by Gasteiger charge is -2.00. The lowest BCUT2D eigenvalue weighted by molar-refractivity contribution is -0.119. The second-order valence-corrected chi connectivity index (χ2v) is 3.09. The van der Waals surface area contributed by atoms with Crippen LogP contribution >= 0.6 is 0 Å². The summed E-state index contributed by atoms with van der Waals surface area (Å²) in [5.74, 6) is -0.228. The Labute approximate surface area is 85.7 Å². The third-order valence-electron chi connectivity index (χ3n) is 1.93. The van der Waals surface area contributed by atoms with Crippen molar-refractivity contribution >= 4 is 11.6 Å². The van der Waals surface area contributed by atoms with Gasteiger partial charge < -0.3 is 0 Å². The van der Waals surface area contributed by atoms with E-state index in [1.165, 1.54) is 6.08 Å². The topological polar surface area (TPSA) is 34.1 Å². The summed E-state index contributed by atoms with van der Waals surface area (Å²) in [5.41, 5.74) is 0.316. The van der Waals surface area contributed by atoms with E-state index in [-0.39, 0.29) is 11.6 Å². The van der Waals surface area contributed by atoms with Crippen LogP contribution < -0.4 is 0 Å². The minimum Gasteiger partial charge on any atom is -0.294 e. The number of rotatable bonds is 6. The van der Waals surface area contributed by atoms with E-state index in [4.69, 9.17) is 0 Å². The molecule has 78 valence electrons. The number of carbonyl (C=O) groups excluding carboxylic acids is 2. The molecule has 0 aromatic rings. The van der Waals surface area contributed by atoms with Crippen molar-refractivity contribution in [3.05, 3.63) is 23.8 Å². The first-order valence-corrected chi connectivity index (χ1v) is 5.03. The van der Waals surface area contributed by atoms with Crippen LogP contribution in [0.15, 0.2) is 23.8 Å². The van der Waals surface area contributed by atoms with Gasteiger partial charge in [0.15, 0.2) is 11.6 Å². The van der Waals surface area contributed by atoms with Crippen molar-refractivity contribution in [3.63, 3.8) is 0 Å². The zero-order valence-electron chi connectivity index (χ0n) is 9.17. The lowest BCUT2D eigenvalue weighted by atomic mass is 10.0. The molecule has 0 aliphatic rings. The number of allylic oxidation sites excluding steroid dienone is 4. The van der Waals surface area contributed by atoms with Crippen molar-refractivity contribution in [1.82, 2.24) is 0 Å². The third-order valence-corrected chi connectivity index (χ3v) is 1.93. The Morgan fingerprint density at radius 1 is 1.21 bits per heavy atom. The highest BCUT2D eigenvalue weighted by Crippen LogP contribution is 2.06. The van der Waals surface area contributed by atoms with Gasteiger partial charge in [-0.1, -0.05) is 25.5 Å². The van der Waals surface area contributed by atoms with Gasteiger partial charge in [0.05, 0.1) is 5.57 Å². The van der Waals surface area contributed by atoms with Crippen molar-refractivity contribution in [1.29, 1.82) is 0 Å². The van der Waals surface area contributed by atoms with Crippen molar-refractivity contribution in [2.75, 3.05) is 0 Å². The van der Waals surface area contributed by atoms with Gasteiger partial charge in [-0.2, -0.15) is 0 Å². The summed E-state index contributed by atoms with van der Waals surface area (Å²) < 4.78 is 0. The summed E-state index contributed by atoms with van der Waals surface area (Å²) in [6.45, 7) is 5.51. The third kappa shape index (κ3) is 4.17. The molecule has 0 heterocycles. The molecule has 2 heteroatoms. The van der Waals surface area contributed by atoms with E-state index in [1.807, 2.05) is 6.92 Å². The first-order valence-electron chi connectivity index (χ1n) is 5.03. The van der Waals surface area contributed by atoms with E-state index in [1.54, 1.807) is 26.0 Å². The first kappa shape index (κ1) is 12.8. The maximum absolute atomic E-state index is 11.5. The Kier molecular flexibility index (Phi) is 6.63. The minimum absolute atomic E-state index is 0.0440. The van der Waals surface area contributed by atoms with Gasteiger partial charge in [0.25, 0.3) is 0 Å². The minimum atomic E-state index is -0.184. The zero-order chi connectivity index (χ0) is 11.0. The molecule has 2 nitrogen and oxygen atoms in total. The Morgan fingerprint density at radius 3 is 2.29 bits per heavy atom. The average molecular weight is 194 g/mol. The van der Waals surface area contributed by atoms with E-state index < -0.39 is 0 Å². The monoisotopic (exact) mass is 194 g/mol. The van der Waals surface area contributed by atoms with E-state index in [2.05, 4.69) is 0 Å². The largest absolute Gasteiger partial charge is 0.294 e. The second kappa shape index (κ2) is 7.25. The predicted molar refractivity (Wildman–Crippen MR) is 58.1 cm³/mol. The molecule has 0 amide bonds. The summed E-state index contributed by atoms with van der Waals surface area (Å²) in [6.07, 6.45) is 6.97. The fourth-order valence-electron chi connectivity index (χ4n) is 1.15. The molecular weight excluding hydrogens is 176 g/mol. The molecule has 0 unspecified atom stereocenters. The van der Waals surface area contributed by atoms with E-state index >= 15 is 0 Å².